The van der Waals surface area contributed by atoms with Crippen molar-refractivity contribution in [3.05, 3.63) is 64.9 Å². The fourth-order valence-electron chi connectivity index (χ4n) is 3.69. The molecule has 6 nitrogen and oxygen atoms in total. The predicted molar refractivity (Wildman–Crippen MR) is 126 cm³/mol. The molecule has 1 fully saturated rings. The number of aryl methyl sites for hydroxylation is 1. The summed E-state index contributed by atoms with van der Waals surface area (Å²) in [7, 11) is 0. The average molecular weight is 456 g/mol. The van der Waals surface area contributed by atoms with Crippen molar-refractivity contribution < 1.29 is 4.79 Å². The van der Waals surface area contributed by atoms with Crippen molar-refractivity contribution in [2.24, 2.45) is 0 Å². The van der Waals surface area contributed by atoms with Gasteiger partial charge >= 0.3 is 0 Å². The lowest BCUT2D eigenvalue weighted by Gasteiger charge is -2.26. The van der Waals surface area contributed by atoms with Crippen LogP contribution in [-0.4, -0.2) is 44.4 Å². The molecule has 3 aromatic rings. The van der Waals surface area contributed by atoms with Gasteiger partial charge in [-0.25, -0.2) is 0 Å². The number of halogens is 1. The molecule has 162 valence electrons. The zero-order valence-corrected chi connectivity index (χ0v) is 19.1. The number of thioether (sulfide) groups is 1. The van der Waals surface area contributed by atoms with Crippen LogP contribution in [0.2, 0.25) is 5.02 Å². The van der Waals surface area contributed by atoms with Gasteiger partial charge in [-0.1, -0.05) is 54.0 Å². The maximum absolute atomic E-state index is 12.5. The molecule has 1 aromatic heterocycles. The van der Waals surface area contributed by atoms with Crippen molar-refractivity contribution >= 4 is 35.0 Å². The van der Waals surface area contributed by atoms with Gasteiger partial charge in [0.2, 0.25) is 5.91 Å². The number of nitrogens with zero attached hydrogens (tertiary/aromatic N) is 4. The summed E-state index contributed by atoms with van der Waals surface area (Å²) < 4.78 is 2.06. The molecule has 0 saturated carbocycles. The fourth-order valence-corrected chi connectivity index (χ4v) is 4.74. The van der Waals surface area contributed by atoms with Gasteiger partial charge in [0.05, 0.1) is 23.0 Å². The lowest BCUT2D eigenvalue weighted by molar-refractivity contribution is -0.113. The van der Waals surface area contributed by atoms with Crippen molar-refractivity contribution in [2.45, 2.75) is 37.9 Å². The summed E-state index contributed by atoms with van der Waals surface area (Å²) in [5.74, 6) is 0.993. The molecule has 4 rings (SSSR count). The van der Waals surface area contributed by atoms with Gasteiger partial charge in [-0.15, -0.1) is 10.2 Å². The van der Waals surface area contributed by atoms with Crippen LogP contribution in [0.25, 0.3) is 5.69 Å². The van der Waals surface area contributed by atoms with Gasteiger partial charge in [0.1, 0.15) is 0 Å². The Morgan fingerprint density at radius 3 is 2.61 bits per heavy atom. The topological polar surface area (TPSA) is 63.1 Å². The number of likely N-dealkylation sites (tertiary alicyclic amines) is 1. The minimum absolute atomic E-state index is 0.129. The highest BCUT2D eigenvalue weighted by molar-refractivity contribution is 7.99. The Labute approximate surface area is 192 Å². The number of para-hydroxylation sites is 1. The molecule has 0 atom stereocenters. The summed E-state index contributed by atoms with van der Waals surface area (Å²) in [5, 5.41) is 13.0. The summed E-state index contributed by atoms with van der Waals surface area (Å²) in [6.45, 7) is 4.90. The van der Waals surface area contributed by atoms with Crippen molar-refractivity contribution in [1.29, 1.82) is 0 Å². The Balaban J connectivity index is 1.48. The monoisotopic (exact) mass is 455 g/mol. The SMILES string of the molecule is Cc1ccc(NC(=O)CSc2nnc(CN3CCCCC3)n2-c2ccccc2)c(Cl)c1. The zero-order chi connectivity index (χ0) is 21.6. The highest BCUT2D eigenvalue weighted by atomic mass is 35.5. The van der Waals surface area contributed by atoms with Gasteiger partial charge in [-0.3, -0.25) is 14.3 Å². The number of aromatic nitrogens is 3. The minimum Gasteiger partial charge on any atom is -0.324 e. The number of carbonyl (C=O) groups excluding carboxylic acids is 1. The van der Waals surface area contributed by atoms with Crippen molar-refractivity contribution in [3.63, 3.8) is 0 Å². The number of benzene rings is 2. The number of hydrogen-bond donors (Lipinski definition) is 1. The van der Waals surface area contributed by atoms with E-state index < -0.39 is 0 Å². The van der Waals surface area contributed by atoms with E-state index in [0.29, 0.717) is 15.9 Å². The summed E-state index contributed by atoms with van der Waals surface area (Å²) in [5.41, 5.74) is 2.67. The van der Waals surface area contributed by atoms with Crippen molar-refractivity contribution in [1.82, 2.24) is 19.7 Å². The largest absolute Gasteiger partial charge is 0.324 e. The number of anilines is 1. The molecular formula is C23H26ClN5OS. The Kier molecular flexibility index (Phi) is 7.27. The van der Waals surface area contributed by atoms with E-state index in [4.69, 9.17) is 11.6 Å². The number of carbonyl (C=O) groups is 1. The number of amides is 1. The van der Waals surface area contributed by atoms with Crippen LogP contribution in [0.4, 0.5) is 5.69 Å². The third kappa shape index (κ3) is 5.67. The van der Waals surface area contributed by atoms with Gasteiger partial charge in [0, 0.05) is 5.69 Å². The second-order valence-corrected chi connectivity index (χ2v) is 9.08. The minimum atomic E-state index is -0.129. The molecule has 1 aliphatic heterocycles. The van der Waals surface area contributed by atoms with Crippen LogP contribution in [0.5, 0.6) is 0 Å². The Bertz CT molecular complexity index is 1030. The quantitative estimate of drug-likeness (QED) is 0.511. The summed E-state index contributed by atoms with van der Waals surface area (Å²) in [6, 6.07) is 15.7. The molecule has 8 heteroatoms. The maximum atomic E-state index is 12.5. The van der Waals surface area contributed by atoms with E-state index >= 15 is 0 Å². The maximum Gasteiger partial charge on any atom is 0.234 e. The van der Waals surface area contributed by atoms with E-state index in [2.05, 4.69) is 25.0 Å². The summed E-state index contributed by atoms with van der Waals surface area (Å²) >= 11 is 7.62. The van der Waals surface area contributed by atoms with Crippen molar-refractivity contribution in [2.75, 3.05) is 24.2 Å². The van der Waals surface area contributed by atoms with E-state index in [9.17, 15) is 4.79 Å². The third-order valence-electron chi connectivity index (χ3n) is 5.26. The number of piperidine rings is 1. The molecule has 2 heterocycles. The third-order valence-corrected chi connectivity index (χ3v) is 6.50. The summed E-state index contributed by atoms with van der Waals surface area (Å²) in [4.78, 5) is 15.0. The first-order valence-corrected chi connectivity index (χ1v) is 11.9. The van der Waals surface area contributed by atoms with Gasteiger partial charge in [0.15, 0.2) is 11.0 Å². The van der Waals surface area contributed by atoms with Gasteiger partial charge in [-0.05, 0) is 62.7 Å². The number of rotatable bonds is 7. The molecule has 1 N–H and O–H groups in total. The normalized spacial score (nSPS) is 14.5. The first kappa shape index (κ1) is 21.9. The Hall–Kier alpha value is -2.35. The molecule has 2 aromatic carbocycles. The van der Waals surface area contributed by atoms with E-state index in [-0.39, 0.29) is 11.7 Å². The fraction of sp³-hybridized carbons (Fsp3) is 0.348. The molecule has 31 heavy (non-hydrogen) atoms. The van der Waals surface area contributed by atoms with Crippen LogP contribution >= 0.6 is 23.4 Å². The van der Waals surface area contributed by atoms with E-state index in [0.717, 1.165) is 36.7 Å². The molecule has 1 aliphatic rings. The first-order valence-electron chi connectivity index (χ1n) is 10.5. The molecule has 0 bridgehead atoms. The van der Waals surface area contributed by atoms with E-state index in [1.807, 2.05) is 55.5 Å². The second kappa shape index (κ2) is 10.3. The van der Waals surface area contributed by atoms with Crippen LogP contribution < -0.4 is 5.32 Å². The molecule has 1 saturated heterocycles. The molecular weight excluding hydrogens is 430 g/mol. The molecule has 0 unspecified atom stereocenters. The molecule has 0 radical (unpaired) electrons. The lowest BCUT2D eigenvalue weighted by atomic mass is 10.1. The van der Waals surface area contributed by atoms with Crippen LogP contribution in [0.3, 0.4) is 0 Å². The second-order valence-electron chi connectivity index (χ2n) is 7.73. The van der Waals surface area contributed by atoms with Crippen LogP contribution in [0.15, 0.2) is 53.7 Å². The molecule has 0 spiro atoms. The Morgan fingerprint density at radius 1 is 1.10 bits per heavy atom. The average Bonchev–Trinajstić information content (AvgIpc) is 3.18. The number of hydrogen-bond acceptors (Lipinski definition) is 5. The van der Waals surface area contributed by atoms with Gasteiger partial charge in [0.25, 0.3) is 0 Å². The highest BCUT2D eigenvalue weighted by Crippen LogP contribution is 2.26. The lowest BCUT2D eigenvalue weighted by Crippen LogP contribution is -2.30. The molecule has 0 aliphatic carbocycles. The van der Waals surface area contributed by atoms with Crippen LogP contribution in [0, 0.1) is 6.92 Å². The van der Waals surface area contributed by atoms with Gasteiger partial charge in [-0.2, -0.15) is 0 Å². The predicted octanol–water partition coefficient (Wildman–Crippen LogP) is 4.95. The van der Waals surface area contributed by atoms with Crippen LogP contribution in [-0.2, 0) is 11.3 Å². The standard InChI is InChI=1S/C23H26ClN5OS/c1-17-10-11-20(19(24)14-17)25-22(30)16-31-23-27-26-21(15-28-12-6-3-7-13-28)29(23)18-8-4-2-5-9-18/h2,4-5,8-11,14H,3,6-7,12-13,15-16H2,1H3,(H,25,30). The van der Waals surface area contributed by atoms with Gasteiger partial charge < -0.3 is 5.32 Å². The highest BCUT2D eigenvalue weighted by Gasteiger charge is 2.19. The zero-order valence-electron chi connectivity index (χ0n) is 17.6. The Morgan fingerprint density at radius 2 is 1.87 bits per heavy atom. The van der Waals surface area contributed by atoms with Crippen LogP contribution in [0.1, 0.15) is 30.7 Å². The first-order chi connectivity index (χ1) is 15.1. The summed E-state index contributed by atoms with van der Waals surface area (Å²) in [6.07, 6.45) is 3.74. The number of nitrogens with one attached hydrogen (secondary N) is 1. The van der Waals surface area contributed by atoms with E-state index in [1.54, 1.807) is 0 Å². The van der Waals surface area contributed by atoms with E-state index in [1.165, 1.54) is 31.0 Å². The molecule has 1 amide bonds. The van der Waals surface area contributed by atoms with Crippen molar-refractivity contribution in [3.8, 4) is 5.69 Å². The smallest absolute Gasteiger partial charge is 0.234 e.